The van der Waals surface area contributed by atoms with Crippen LogP contribution < -0.4 is 0 Å². The van der Waals surface area contributed by atoms with Crippen LogP contribution in [-0.2, 0) is 0 Å². The fourth-order valence-corrected chi connectivity index (χ4v) is 1.50. The highest BCUT2D eigenvalue weighted by molar-refractivity contribution is 5.51. The van der Waals surface area contributed by atoms with Crippen molar-refractivity contribution >= 4 is 5.69 Å². The first kappa shape index (κ1) is 12.3. The molecule has 0 bridgehead atoms. The van der Waals surface area contributed by atoms with Gasteiger partial charge in [0, 0.05) is 23.3 Å². The van der Waals surface area contributed by atoms with Crippen LogP contribution >= 0.6 is 0 Å². The van der Waals surface area contributed by atoms with Crippen molar-refractivity contribution in [2.24, 2.45) is 0 Å². The minimum Gasteiger partial charge on any atom is -0.258 e. The van der Waals surface area contributed by atoms with Gasteiger partial charge in [0.25, 0.3) is 5.69 Å². The van der Waals surface area contributed by atoms with Crippen molar-refractivity contribution in [2.75, 3.05) is 0 Å². The Hall–Kier alpha value is -3.11. The Morgan fingerprint density at radius 2 is 1.58 bits per heavy atom. The van der Waals surface area contributed by atoms with Crippen molar-refractivity contribution in [1.82, 2.24) is 0 Å². The van der Waals surface area contributed by atoms with Gasteiger partial charge in [-0.1, -0.05) is 24.0 Å². The van der Waals surface area contributed by atoms with Crippen LogP contribution in [0.25, 0.3) is 0 Å². The molecule has 0 N–H and O–H groups in total. The Morgan fingerprint density at radius 3 is 2.16 bits per heavy atom. The largest absolute Gasteiger partial charge is 0.269 e. The smallest absolute Gasteiger partial charge is 0.258 e. The molecule has 0 heterocycles. The lowest BCUT2D eigenvalue weighted by Gasteiger charge is -1.93. The Balaban J connectivity index is 2.29. The molecule has 4 heteroatoms. The third-order valence-corrected chi connectivity index (χ3v) is 2.47. The topological polar surface area (TPSA) is 66.9 Å². The molecule has 0 aliphatic heterocycles. The van der Waals surface area contributed by atoms with Gasteiger partial charge in [-0.25, -0.2) is 0 Å². The minimum absolute atomic E-state index is 0.0305. The average molecular weight is 248 g/mol. The normalized spacial score (nSPS) is 9.00. The fourth-order valence-electron chi connectivity index (χ4n) is 1.50. The van der Waals surface area contributed by atoms with Crippen molar-refractivity contribution in [1.29, 1.82) is 5.26 Å². The number of rotatable bonds is 1. The quantitative estimate of drug-likeness (QED) is 0.442. The van der Waals surface area contributed by atoms with E-state index in [1.165, 1.54) is 12.1 Å². The van der Waals surface area contributed by atoms with Crippen molar-refractivity contribution in [3.05, 3.63) is 75.3 Å². The van der Waals surface area contributed by atoms with Gasteiger partial charge in [0.2, 0.25) is 0 Å². The van der Waals surface area contributed by atoms with Gasteiger partial charge < -0.3 is 0 Å². The van der Waals surface area contributed by atoms with Gasteiger partial charge in [-0.2, -0.15) is 5.26 Å². The molecular weight excluding hydrogens is 240 g/mol. The molecule has 0 saturated carbocycles. The third kappa shape index (κ3) is 2.96. The average Bonchev–Trinajstić information content (AvgIpc) is 2.45. The summed E-state index contributed by atoms with van der Waals surface area (Å²) in [7, 11) is 0. The van der Waals surface area contributed by atoms with E-state index in [9.17, 15) is 10.1 Å². The number of nitro benzene ring substituents is 1. The summed E-state index contributed by atoms with van der Waals surface area (Å²) in [6.45, 7) is 0. The number of nitriles is 1. The Labute approximate surface area is 110 Å². The Morgan fingerprint density at radius 1 is 0.947 bits per heavy atom. The maximum atomic E-state index is 10.5. The van der Waals surface area contributed by atoms with Crippen LogP contribution in [0.5, 0.6) is 0 Å². The summed E-state index contributed by atoms with van der Waals surface area (Å²) in [5, 5.41) is 19.4. The van der Waals surface area contributed by atoms with Crippen LogP contribution in [0.2, 0.25) is 0 Å². The highest BCUT2D eigenvalue weighted by Crippen LogP contribution is 2.11. The van der Waals surface area contributed by atoms with Crippen LogP contribution in [0.4, 0.5) is 5.69 Å². The van der Waals surface area contributed by atoms with Crippen molar-refractivity contribution in [2.45, 2.75) is 0 Å². The lowest BCUT2D eigenvalue weighted by Crippen LogP contribution is -1.87. The SMILES string of the molecule is N#Cc1ccccc1C#Cc1ccc([N+](=O)[O-])cc1. The zero-order valence-electron chi connectivity index (χ0n) is 9.83. The monoisotopic (exact) mass is 248 g/mol. The van der Waals surface area contributed by atoms with Crippen LogP contribution in [0.1, 0.15) is 16.7 Å². The molecule has 19 heavy (non-hydrogen) atoms. The van der Waals surface area contributed by atoms with E-state index in [-0.39, 0.29) is 5.69 Å². The van der Waals surface area contributed by atoms with Gasteiger partial charge in [-0.05, 0) is 24.3 Å². The second-order valence-corrected chi connectivity index (χ2v) is 3.71. The van der Waals surface area contributed by atoms with E-state index < -0.39 is 4.92 Å². The number of non-ortho nitro benzene ring substituents is 1. The molecule has 2 rings (SSSR count). The zero-order valence-corrected chi connectivity index (χ0v) is 9.83. The second kappa shape index (κ2) is 5.48. The Kier molecular flexibility index (Phi) is 3.56. The van der Waals surface area contributed by atoms with Crippen LogP contribution in [-0.4, -0.2) is 4.92 Å². The van der Waals surface area contributed by atoms with E-state index >= 15 is 0 Å². The molecule has 0 amide bonds. The molecule has 90 valence electrons. The molecule has 0 spiro atoms. The summed E-state index contributed by atoms with van der Waals surface area (Å²) in [5.41, 5.74) is 1.85. The van der Waals surface area contributed by atoms with Gasteiger partial charge in [-0.15, -0.1) is 0 Å². The molecule has 4 nitrogen and oxygen atoms in total. The summed E-state index contributed by atoms with van der Waals surface area (Å²) < 4.78 is 0. The van der Waals surface area contributed by atoms with E-state index in [0.29, 0.717) is 16.7 Å². The predicted molar refractivity (Wildman–Crippen MR) is 70.2 cm³/mol. The van der Waals surface area contributed by atoms with E-state index in [1.807, 2.05) is 0 Å². The lowest BCUT2D eigenvalue weighted by molar-refractivity contribution is -0.384. The minimum atomic E-state index is -0.456. The highest BCUT2D eigenvalue weighted by Gasteiger charge is 2.02. The van der Waals surface area contributed by atoms with Crippen molar-refractivity contribution in [3.63, 3.8) is 0 Å². The van der Waals surface area contributed by atoms with Gasteiger partial charge >= 0.3 is 0 Å². The first-order valence-electron chi connectivity index (χ1n) is 5.46. The van der Waals surface area contributed by atoms with Crippen LogP contribution in [0.15, 0.2) is 48.5 Å². The molecule has 0 unspecified atom stereocenters. The maximum absolute atomic E-state index is 10.5. The molecule has 0 saturated heterocycles. The fraction of sp³-hybridized carbons (Fsp3) is 0. The molecule has 2 aromatic carbocycles. The number of hydrogen-bond acceptors (Lipinski definition) is 3. The van der Waals surface area contributed by atoms with Crippen LogP contribution in [0, 0.1) is 33.3 Å². The zero-order chi connectivity index (χ0) is 13.7. The summed E-state index contributed by atoms with van der Waals surface area (Å²) in [6.07, 6.45) is 0. The molecule has 0 aliphatic rings. The standard InChI is InChI=1S/C15H8N2O2/c16-11-14-4-2-1-3-13(14)8-5-12-6-9-15(10-7-12)17(18)19/h1-4,6-7,9-10H. The summed E-state index contributed by atoms with van der Waals surface area (Å²) in [4.78, 5) is 10.1. The molecule has 0 radical (unpaired) electrons. The first-order valence-corrected chi connectivity index (χ1v) is 5.46. The van der Waals surface area contributed by atoms with E-state index in [2.05, 4.69) is 17.9 Å². The van der Waals surface area contributed by atoms with E-state index in [0.717, 1.165) is 0 Å². The molecule has 2 aromatic rings. The number of hydrogen-bond donors (Lipinski definition) is 0. The van der Waals surface area contributed by atoms with Crippen molar-refractivity contribution < 1.29 is 4.92 Å². The van der Waals surface area contributed by atoms with Crippen LogP contribution in [0.3, 0.4) is 0 Å². The number of nitrogens with zero attached hydrogens (tertiary/aromatic N) is 2. The molecule has 0 atom stereocenters. The summed E-state index contributed by atoms with van der Waals surface area (Å²) >= 11 is 0. The summed E-state index contributed by atoms with van der Waals surface area (Å²) in [6, 6.07) is 15.1. The molecule has 0 aromatic heterocycles. The Bertz CT molecular complexity index is 716. The number of nitro groups is 1. The van der Waals surface area contributed by atoms with Gasteiger partial charge in [-0.3, -0.25) is 10.1 Å². The first-order chi connectivity index (χ1) is 9.20. The lowest BCUT2D eigenvalue weighted by atomic mass is 10.1. The highest BCUT2D eigenvalue weighted by atomic mass is 16.6. The summed E-state index contributed by atoms with van der Waals surface area (Å²) in [5.74, 6) is 5.76. The maximum Gasteiger partial charge on any atom is 0.269 e. The second-order valence-electron chi connectivity index (χ2n) is 3.71. The van der Waals surface area contributed by atoms with Gasteiger partial charge in [0.1, 0.15) is 6.07 Å². The van der Waals surface area contributed by atoms with E-state index in [4.69, 9.17) is 5.26 Å². The molecule has 0 fully saturated rings. The van der Waals surface area contributed by atoms with Crippen molar-refractivity contribution in [3.8, 4) is 17.9 Å². The van der Waals surface area contributed by atoms with Gasteiger partial charge in [0.05, 0.1) is 10.5 Å². The third-order valence-electron chi connectivity index (χ3n) is 2.47. The molecule has 0 aliphatic carbocycles. The molecular formula is C15H8N2O2. The van der Waals surface area contributed by atoms with Gasteiger partial charge in [0.15, 0.2) is 0 Å². The predicted octanol–water partition coefficient (Wildman–Crippen LogP) is 2.87. The number of benzene rings is 2. The van der Waals surface area contributed by atoms with E-state index in [1.54, 1.807) is 36.4 Å².